The molecule has 0 radical (unpaired) electrons. The number of benzene rings is 1. The predicted octanol–water partition coefficient (Wildman–Crippen LogP) is 2.94. The Morgan fingerprint density at radius 3 is 3.18 bits per heavy atom. The van der Waals surface area contributed by atoms with Gasteiger partial charge in [0.1, 0.15) is 0 Å². The Morgan fingerprint density at radius 1 is 1.41 bits per heavy atom. The lowest BCUT2D eigenvalue weighted by atomic mass is 10.2. The van der Waals surface area contributed by atoms with Gasteiger partial charge >= 0.3 is 0 Å². The number of aryl methyl sites for hydroxylation is 1. The van der Waals surface area contributed by atoms with Crippen LogP contribution in [0.2, 0.25) is 0 Å². The van der Waals surface area contributed by atoms with E-state index in [4.69, 9.17) is 0 Å². The van der Waals surface area contributed by atoms with Crippen molar-refractivity contribution in [3.05, 3.63) is 40.5 Å². The first-order valence-corrected chi connectivity index (χ1v) is 6.27. The Morgan fingerprint density at radius 2 is 2.35 bits per heavy atom. The van der Waals surface area contributed by atoms with Crippen molar-refractivity contribution in [2.75, 3.05) is 5.32 Å². The second-order valence-electron chi connectivity index (χ2n) is 3.88. The molecule has 17 heavy (non-hydrogen) atoms. The summed E-state index contributed by atoms with van der Waals surface area (Å²) < 4.78 is 0. The monoisotopic (exact) mass is 244 g/mol. The summed E-state index contributed by atoms with van der Waals surface area (Å²) in [5, 5.41) is 14.6. The minimum Gasteiger partial charge on any atom is -0.379 e. The van der Waals surface area contributed by atoms with Gasteiger partial charge < -0.3 is 5.32 Å². The van der Waals surface area contributed by atoms with Crippen LogP contribution in [0.3, 0.4) is 0 Å². The molecule has 0 saturated heterocycles. The minimum atomic E-state index is 0.758. The van der Waals surface area contributed by atoms with Crippen molar-refractivity contribution in [2.45, 2.75) is 13.5 Å². The number of aromatic amines is 1. The lowest BCUT2D eigenvalue weighted by Gasteiger charge is -2.03. The second-order valence-corrected chi connectivity index (χ2v) is 4.95. The third-order valence-corrected chi connectivity index (χ3v) is 3.40. The Bertz CT molecular complexity index is 641. The van der Waals surface area contributed by atoms with Crippen LogP contribution < -0.4 is 5.32 Å². The molecule has 0 spiro atoms. The molecule has 1 aromatic carbocycles. The van der Waals surface area contributed by atoms with E-state index in [0.717, 1.165) is 33.8 Å². The smallest absolute Gasteiger partial charge is 0.0898 e. The molecule has 0 saturated carbocycles. The molecule has 0 aliphatic carbocycles. The van der Waals surface area contributed by atoms with Gasteiger partial charge in [-0.3, -0.25) is 5.10 Å². The Kier molecular flexibility index (Phi) is 2.53. The van der Waals surface area contributed by atoms with Crippen LogP contribution in [-0.2, 0) is 6.54 Å². The van der Waals surface area contributed by atoms with Gasteiger partial charge in [-0.05, 0) is 25.1 Å². The average molecular weight is 244 g/mol. The zero-order valence-corrected chi connectivity index (χ0v) is 10.2. The number of aromatic nitrogens is 3. The van der Waals surface area contributed by atoms with Crippen molar-refractivity contribution in [3.8, 4) is 0 Å². The normalized spacial score (nSPS) is 10.9. The Hall–Kier alpha value is -1.88. The van der Waals surface area contributed by atoms with Crippen LogP contribution >= 0.6 is 11.3 Å². The first-order chi connectivity index (χ1) is 8.31. The summed E-state index contributed by atoms with van der Waals surface area (Å²) in [5.74, 6) is 0. The third kappa shape index (κ3) is 2.14. The number of rotatable bonds is 3. The maximum Gasteiger partial charge on any atom is 0.0898 e. The number of anilines is 1. The van der Waals surface area contributed by atoms with E-state index >= 15 is 0 Å². The number of fused-ring (bicyclic) bond motifs is 1. The predicted molar refractivity (Wildman–Crippen MR) is 70.3 cm³/mol. The van der Waals surface area contributed by atoms with Crippen LogP contribution in [0.15, 0.2) is 29.8 Å². The molecule has 3 rings (SSSR count). The summed E-state index contributed by atoms with van der Waals surface area (Å²) in [6.45, 7) is 2.78. The van der Waals surface area contributed by atoms with Crippen molar-refractivity contribution in [2.24, 2.45) is 0 Å². The van der Waals surface area contributed by atoms with Crippen molar-refractivity contribution < 1.29 is 0 Å². The number of hydrogen-bond acceptors (Lipinski definition) is 4. The lowest BCUT2D eigenvalue weighted by molar-refractivity contribution is 1.06. The van der Waals surface area contributed by atoms with Gasteiger partial charge in [0.25, 0.3) is 0 Å². The molecule has 2 heterocycles. The molecule has 2 aromatic heterocycles. The van der Waals surface area contributed by atoms with Crippen molar-refractivity contribution in [3.63, 3.8) is 0 Å². The number of nitrogens with zero attached hydrogens (tertiary/aromatic N) is 2. The first kappa shape index (κ1) is 10.3. The fraction of sp³-hybridized carbons (Fsp3) is 0.167. The Labute approximate surface area is 103 Å². The Balaban J connectivity index is 1.76. The first-order valence-electron chi connectivity index (χ1n) is 5.39. The molecular weight excluding hydrogens is 232 g/mol. The topological polar surface area (TPSA) is 53.6 Å². The van der Waals surface area contributed by atoms with Gasteiger partial charge in [-0.2, -0.15) is 5.10 Å². The van der Waals surface area contributed by atoms with Crippen LogP contribution in [0.5, 0.6) is 0 Å². The van der Waals surface area contributed by atoms with Gasteiger partial charge in [0.2, 0.25) is 0 Å². The van der Waals surface area contributed by atoms with Gasteiger partial charge in [-0.15, -0.1) is 11.3 Å². The van der Waals surface area contributed by atoms with Crippen molar-refractivity contribution >= 4 is 27.9 Å². The van der Waals surface area contributed by atoms with Gasteiger partial charge in [-0.1, -0.05) is 0 Å². The molecular formula is C12H12N4S. The molecule has 0 amide bonds. The van der Waals surface area contributed by atoms with Gasteiger partial charge in [-0.25, -0.2) is 4.98 Å². The van der Waals surface area contributed by atoms with Gasteiger partial charge in [0.05, 0.1) is 29.0 Å². The molecule has 0 unspecified atom stereocenters. The van der Waals surface area contributed by atoms with Crippen LogP contribution in [0.25, 0.3) is 10.9 Å². The van der Waals surface area contributed by atoms with E-state index in [1.165, 1.54) is 0 Å². The molecule has 86 valence electrons. The van der Waals surface area contributed by atoms with Crippen LogP contribution in [0, 0.1) is 6.92 Å². The lowest BCUT2D eigenvalue weighted by Crippen LogP contribution is -1.99. The van der Waals surface area contributed by atoms with Gasteiger partial charge in [0.15, 0.2) is 0 Å². The highest BCUT2D eigenvalue weighted by molar-refractivity contribution is 7.09. The number of hydrogen-bond donors (Lipinski definition) is 2. The summed E-state index contributed by atoms with van der Waals surface area (Å²) in [6, 6.07) is 6.15. The standard InChI is InChI=1S/C12H12N4S/c1-8-15-11(7-17-8)6-13-10-2-3-12-9(4-10)5-14-16-12/h2-5,7,13H,6H2,1H3,(H,14,16). The summed E-state index contributed by atoms with van der Waals surface area (Å²) in [6.07, 6.45) is 1.83. The number of thiazole rings is 1. The zero-order chi connectivity index (χ0) is 11.7. The summed E-state index contributed by atoms with van der Waals surface area (Å²) in [7, 11) is 0. The summed E-state index contributed by atoms with van der Waals surface area (Å²) in [5.41, 5.74) is 3.23. The SMILES string of the molecule is Cc1nc(CNc2ccc3[nH]ncc3c2)cs1. The summed E-state index contributed by atoms with van der Waals surface area (Å²) in [4.78, 5) is 4.42. The number of H-pyrrole nitrogens is 1. The van der Waals surface area contributed by atoms with E-state index in [1.807, 2.05) is 25.3 Å². The molecule has 3 aromatic rings. The van der Waals surface area contributed by atoms with E-state index in [1.54, 1.807) is 11.3 Å². The molecule has 2 N–H and O–H groups in total. The molecule has 0 aliphatic rings. The van der Waals surface area contributed by atoms with Crippen LogP contribution in [0.1, 0.15) is 10.7 Å². The highest BCUT2D eigenvalue weighted by Crippen LogP contribution is 2.17. The molecule has 5 heteroatoms. The minimum absolute atomic E-state index is 0.758. The van der Waals surface area contributed by atoms with Crippen molar-refractivity contribution in [1.29, 1.82) is 0 Å². The maximum atomic E-state index is 4.42. The highest BCUT2D eigenvalue weighted by atomic mass is 32.1. The maximum absolute atomic E-state index is 4.42. The molecule has 0 aliphatic heterocycles. The fourth-order valence-corrected chi connectivity index (χ4v) is 2.35. The van der Waals surface area contributed by atoms with E-state index in [9.17, 15) is 0 Å². The molecule has 4 nitrogen and oxygen atoms in total. The zero-order valence-electron chi connectivity index (χ0n) is 9.40. The molecule has 0 atom stereocenters. The van der Waals surface area contributed by atoms with E-state index in [0.29, 0.717) is 0 Å². The molecule has 0 bridgehead atoms. The van der Waals surface area contributed by atoms with Gasteiger partial charge in [0, 0.05) is 16.5 Å². The van der Waals surface area contributed by atoms with Crippen LogP contribution in [-0.4, -0.2) is 15.2 Å². The third-order valence-electron chi connectivity index (χ3n) is 2.58. The van der Waals surface area contributed by atoms with E-state index < -0.39 is 0 Å². The fourth-order valence-electron chi connectivity index (χ4n) is 1.73. The van der Waals surface area contributed by atoms with Crippen molar-refractivity contribution in [1.82, 2.24) is 15.2 Å². The largest absolute Gasteiger partial charge is 0.379 e. The van der Waals surface area contributed by atoms with E-state index in [2.05, 4.69) is 31.9 Å². The average Bonchev–Trinajstić information content (AvgIpc) is 2.94. The highest BCUT2D eigenvalue weighted by Gasteiger charge is 2.00. The quantitative estimate of drug-likeness (QED) is 0.744. The van der Waals surface area contributed by atoms with Crippen LogP contribution in [0.4, 0.5) is 5.69 Å². The second kappa shape index (κ2) is 4.18. The molecule has 0 fully saturated rings. The summed E-state index contributed by atoms with van der Waals surface area (Å²) >= 11 is 1.68. The number of nitrogens with one attached hydrogen (secondary N) is 2. The van der Waals surface area contributed by atoms with E-state index in [-0.39, 0.29) is 0 Å².